The monoisotopic (exact) mass is 296 g/mol. The van der Waals surface area contributed by atoms with Crippen molar-refractivity contribution in [3.8, 4) is 5.75 Å². The van der Waals surface area contributed by atoms with E-state index in [1.165, 1.54) is 23.5 Å². The molecule has 1 heterocycles. The van der Waals surface area contributed by atoms with E-state index in [1.807, 2.05) is 0 Å². The molecule has 2 rings (SSSR count). The molecule has 1 aromatic heterocycles. The molecule has 1 N–H and O–H groups in total. The number of rotatable bonds is 5. The topological polar surface area (TPSA) is 46.5 Å². The highest BCUT2D eigenvalue weighted by Gasteiger charge is 2.07. The largest absolute Gasteiger partial charge is 0.485 e. The second kappa shape index (κ2) is 6.29. The van der Waals surface area contributed by atoms with E-state index in [9.17, 15) is 13.6 Å². The number of carboxylic acid groups (broad SMARTS) is 1. The van der Waals surface area contributed by atoms with Crippen molar-refractivity contribution in [1.82, 2.24) is 0 Å². The molecule has 2 aromatic rings. The van der Waals surface area contributed by atoms with Gasteiger partial charge in [-0.3, -0.25) is 0 Å². The van der Waals surface area contributed by atoms with Crippen molar-refractivity contribution >= 4 is 23.4 Å². The van der Waals surface area contributed by atoms with Gasteiger partial charge in [-0.05, 0) is 35.2 Å². The third kappa shape index (κ3) is 3.64. The van der Waals surface area contributed by atoms with Gasteiger partial charge >= 0.3 is 5.97 Å². The van der Waals surface area contributed by atoms with Crippen LogP contribution in [0.2, 0.25) is 0 Å². The Labute approximate surface area is 117 Å². The Morgan fingerprint density at radius 2 is 2.15 bits per heavy atom. The lowest BCUT2D eigenvalue weighted by molar-refractivity contribution is -0.131. The van der Waals surface area contributed by atoms with Gasteiger partial charge in [-0.25, -0.2) is 13.6 Å². The van der Waals surface area contributed by atoms with Crippen molar-refractivity contribution in [3.05, 3.63) is 57.8 Å². The van der Waals surface area contributed by atoms with Crippen LogP contribution in [-0.2, 0) is 11.4 Å². The quantitative estimate of drug-likeness (QED) is 0.856. The molecule has 3 nitrogen and oxygen atoms in total. The average molecular weight is 296 g/mol. The SMILES string of the molecule is O=C(O)C=Cc1ccsc1COc1ccc(F)cc1F. The third-order valence-electron chi connectivity index (χ3n) is 2.44. The third-order valence-corrected chi connectivity index (χ3v) is 3.35. The van der Waals surface area contributed by atoms with Crippen molar-refractivity contribution in [2.75, 3.05) is 0 Å². The lowest BCUT2D eigenvalue weighted by Gasteiger charge is -2.06. The van der Waals surface area contributed by atoms with Crippen molar-refractivity contribution in [1.29, 1.82) is 0 Å². The maximum atomic E-state index is 13.4. The summed E-state index contributed by atoms with van der Waals surface area (Å²) in [6.45, 7) is 0.0828. The molecule has 0 amide bonds. The van der Waals surface area contributed by atoms with Crippen molar-refractivity contribution in [3.63, 3.8) is 0 Å². The summed E-state index contributed by atoms with van der Waals surface area (Å²) >= 11 is 1.36. The molecule has 0 saturated carbocycles. The molecule has 0 bridgehead atoms. The molecule has 6 heteroatoms. The Bertz CT molecular complexity index is 650. The van der Waals surface area contributed by atoms with Gasteiger partial charge in [-0.1, -0.05) is 0 Å². The van der Waals surface area contributed by atoms with Crippen molar-refractivity contribution in [2.24, 2.45) is 0 Å². The molecule has 20 heavy (non-hydrogen) atoms. The molecule has 0 unspecified atom stereocenters. The normalized spacial score (nSPS) is 10.9. The summed E-state index contributed by atoms with van der Waals surface area (Å²) in [4.78, 5) is 11.2. The van der Waals surface area contributed by atoms with Gasteiger partial charge in [0.05, 0.1) is 0 Å². The van der Waals surface area contributed by atoms with E-state index in [0.29, 0.717) is 5.56 Å². The summed E-state index contributed by atoms with van der Waals surface area (Å²) in [7, 11) is 0. The smallest absolute Gasteiger partial charge is 0.328 e. The number of ether oxygens (including phenoxy) is 1. The highest BCUT2D eigenvalue weighted by atomic mass is 32.1. The van der Waals surface area contributed by atoms with E-state index in [0.717, 1.165) is 23.1 Å². The molecular formula is C14H10F2O3S. The van der Waals surface area contributed by atoms with Crippen LogP contribution in [0.5, 0.6) is 5.75 Å². The van der Waals surface area contributed by atoms with Gasteiger partial charge < -0.3 is 9.84 Å². The molecule has 1 aromatic carbocycles. The lowest BCUT2D eigenvalue weighted by Crippen LogP contribution is -1.97. The van der Waals surface area contributed by atoms with E-state index in [2.05, 4.69) is 0 Å². The summed E-state index contributed by atoms with van der Waals surface area (Å²) < 4.78 is 31.4. The Kier molecular flexibility index (Phi) is 4.47. The first-order valence-electron chi connectivity index (χ1n) is 5.61. The summed E-state index contributed by atoms with van der Waals surface area (Å²) in [5.74, 6) is -2.54. The van der Waals surface area contributed by atoms with Crippen molar-refractivity contribution < 1.29 is 23.4 Å². The minimum atomic E-state index is -1.05. The van der Waals surface area contributed by atoms with E-state index in [1.54, 1.807) is 11.4 Å². The van der Waals surface area contributed by atoms with Crippen LogP contribution in [0.25, 0.3) is 6.08 Å². The molecule has 0 aliphatic rings. The highest BCUT2D eigenvalue weighted by molar-refractivity contribution is 7.10. The zero-order chi connectivity index (χ0) is 14.5. The van der Waals surface area contributed by atoms with Gasteiger partial charge in [-0.15, -0.1) is 11.3 Å². The number of carboxylic acids is 1. The maximum absolute atomic E-state index is 13.4. The molecule has 0 radical (unpaired) electrons. The Balaban J connectivity index is 2.08. The minimum Gasteiger partial charge on any atom is -0.485 e. The summed E-state index contributed by atoms with van der Waals surface area (Å²) in [6.07, 6.45) is 2.46. The van der Waals surface area contributed by atoms with E-state index >= 15 is 0 Å². The first-order valence-corrected chi connectivity index (χ1v) is 6.49. The number of thiophene rings is 1. The molecular weight excluding hydrogens is 286 g/mol. The van der Waals surface area contributed by atoms with E-state index in [-0.39, 0.29) is 12.4 Å². The molecule has 0 aliphatic carbocycles. The Morgan fingerprint density at radius 3 is 2.85 bits per heavy atom. The number of benzene rings is 1. The van der Waals surface area contributed by atoms with E-state index in [4.69, 9.17) is 9.84 Å². The van der Waals surface area contributed by atoms with Crippen molar-refractivity contribution in [2.45, 2.75) is 6.61 Å². The summed E-state index contributed by atoms with van der Waals surface area (Å²) in [5, 5.41) is 10.4. The number of aliphatic carboxylic acids is 1. The second-order valence-electron chi connectivity index (χ2n) is 3.83. The second-order valence-corrected chi connectivity index (χ2v) is 4.83. The van der Waals surface area contributed by atoms with Crippen LogP contribution < -0.4 is 4.74 Å². The fourth-order valence-electron chi connectivity index (χ4n) is 1.51. The summed E-state index contributed by atoms with van der Waals surface area (Å²) in [6, 6.07) is 4.81. The number of carbonyl (C=O) groups is 1. The van der Waals surface area contributed by atoms with Crippen LogP contribution in [0.3, 0.4) is 0 Å². The van der Waals surface area contributed by atoms with Crippen LogP contribution >= 0.6 is 11.3 Å². The minimum absolute atomic E-state index is 0.0482. The van der Waals surface area contributed by atoms with Gasteiger partial charge in [0.1, 0.15) is 12.4 Å². The number of halogens is 2. The van der Waals surface area contributed by atoms with Gasteiger partial charge in [0.2, 0.25) is 0 Å². The number of hydrogen-bond donors (Lipinski definition) is 1. The molecule has 0 saturated heterocycles. The summed E-state index contributed by atoms with van der Waals surface area (Å²) in [5.41, 5.74) is 0.694. The fourth-order valence-corrected chi connectivity index (χ4v) is 2.29. The van der Waals surface area contributed by atoms with Gasteiger partial charge in [0, 0.05) is 17.0 Å². The zero-order valence-electron chi connectivity index (χ0n) is 10.2. The molecule has 0 spiro atoms. The van der Waals surface area contributed by atoms with Gasteiger partial charge in [-0.2, -0.15) is 0 Å². The molecule has 0 atom stereocenters. The fraction of sp³-hybridized carbons (Fsp3) is 0.0714. The predicted octanol–water partition coefficient (Wildman–Crippen LogP) is 3.70. The van der Waals surface area contributed by atoms with Crippen LogP contribution in [0.1, 0.15) is 10.4 Å². The maximum Gasteiger partial charge on any atom is 0.328 e. The van der Waals surface area contributed by atoms with Crippen LogP contribution in [0.15, 0.2) is 35.7 Å². The lowest BCUT2D eigenvalue weighted by atomic mass is 10.2. The van der Waals surface area contributed by atoms with Crippen LogP contribution in [-0.4, -0.2) is 11.1 Å². The van der Waals surface area contributed by atoms with Crippen LogP contribution in [0, 0.1) is 11.6 Å². The average Bonchev–Trinajstić information content (AvgIpc) is 2.83. The van der Waals surface area contributed by atoms with Gasteiger partial charge in [0.15, 0.2) is 11.6 Å². The van der Waals surface area contributed by atoms with Gasteiger partial charge in [0.25, 0.3) is 0 Å². The first kappa shape index (κ1) is 14.2. The highest BCUT2D eigenvalue weighted by Crippen LogP contribution is 2.23. The molecule has 104 valence electrons. The van der Waals surface area contributed by atoms with Crippen LogP contribution in [0.4, 0.5) is 8.78 Å². The Morgan fingerprint density at radius 1 is 1.35 bits per heavy atom. The number of hydrogen-bond acceptors (Lipinski definition) is 3. The zero-order valence-corrected chi connectivity index (χ0v) is 11.0. The standard InChI is InChI=1S/C14H10F2O3S/c15-10-2-3-12(11(16)7-10)19-8-13-9(5-6-20-13)1-4-14(17)18/h1-7H,8H2,(H,17,18). The molecule has 0 aliphatic heterocycles. The predicted molar refractivity (Wildman–Crippen MR) is 71.7 cm³/mol. The van der Waals surface area contributed by atoms with E-state index < -0.39 is 17.6 Å². The first-order chi connectivity index (χ1) is 9.56. The molecule has 0 fully saturated rings. The Hall–Kier alpha value is -2.21.